The third-order valence-corrected chi connectivity index (χ3v) is 20.1. The second-order valence-corrected chi connectivity index (χ2v) is 23.4. The minimum Gasteiger partial charge on any atom is -0.243 e. The second-order valence-electron chi connectivity index (χ2n) is 16.8. The molecule has 9 rings (SSSR count). The van der Waals surface area contributed by atoms with Crippen LogP contribution in [0, 0.1) is 25.5 Å². The molecule has 2 nitrogen and oxygen atoms in total. The molecule has 4 heterocycles. The summed E-state index contributed by atoms with van der Waals surface area (Å²) < 4.78 is 34.1. The van der Waals surface area contributed by atoms with Crippen LogP contribution in [-0.2, 0) is 0 Å². The van der Waals surface area contributed by atoms with Crippen molar-refractivity contribution in [3.05, 3.63) is 143 Å². The maximum atomic E-state index is 17.1. The molecule has 0 N–H and O–H groups in total. The Morgan fingerprint density at radius 2 is 1.00 bits per heavy atom. The SMILES string of the molecule is CCCCCC[Si]1(CCCCCC)c2cc(C)ccc2-c2ccc(-c3ccc(-c4c(F)c(F)c(-c5ccc(C)s5)c5nc(-c6ccccc6)c(-c6ccccc6)nc45)s3)cc21. The summed E-state index contributed by atoms with van der Waals surface area (Å²) in [6.45, 7) is 8.80. The highest BCUT2D eigenvalue weighted by atomic mass is 32.1. The predicted octanol–water partition coefficient (Wildman–Crippen LogP) is 15.7. The van der Waals surface area contributed by atoms with Gasteiger partial charge in [-0.05, 0) is 77.3 Å². The number of hydrogen-bond donors (Lipinski definition) is 0. The quantitative estimate of drug-likeness (QED) is 0.0758. The fourth-order valence-corrected chi connectivity index (χ4v) is 17.3. The Hall–Kier alpha value is -5.08. The van der Waals surface area contributed by atoms with Gasteiger partial charge in [0, 0.05) is 30.6 Å². The lowest BCUT2D eigenvalue weighted by atomic mass is 9.99. The Kier molecular flexibility index (Phi) is 12.0. The Labute approximate surface area is 368 Å². The summed E-state index contributed by atoms with van der Waals surface area (Å²) in [5, 5.41) is 3.17. The summed E-state index contributed by atoms with van der Waals surface area (Å²) in [7, 11) is -2.11. The van der Waals surface area contributed by atoms with E-state index in [4.69, 9.17) is 9.97 Å². The van der Waals surface area contributed by atoms with E-state index in [9.17, 15) is 0 Å². The molecule has 3 aromatic heterocycles. The Morgan fingerprint density at radius 1 is 0.492 bits per heavy atom. The highest BCUT2D eigenvalue weighted by Crippen LogP contribution is 2.46. The van der Waals surface area contributed by atoms with E-state index in [1.165, 1.54) is 103 Å². The Bertz CT molecular complexity index is 2830. The average Bonchev–Trinajstić information content (AvgIpc) is 4.01. The van der Waals surface area contributed by atoms with Gasteiger partial charge in [-0.3, -0.25) is 0 Å². The van der Waals surface area contributed by atoms with E-state index in [1.54, 1.807) is 10.4 Å². The molecule has 7 heteroatoms. The number of fused-ring (bicyclic) bond motifs is 4. The van der Waals surface area contributed by atoms with Gasteiger partial charge in [-0.15, -0.1) is 22.7 Å². The van der Waals surface area contributed by atoms with Crippen LogP contribution in [0.15, 0.2) is 121 Å². The summed E-state index contributed by atoms with van der Waals surface area (Å²) in [6.07, 6.45) is 10.1. The van der Waals surface area contributed by atoms with Crippen LogP contribution in [0.4, 0.5) is 8.78 Å². The van der Waals surface area contributed by atoms with E-state index in [2.05, 4.69) is 63.2 Å². The molecule has 0 unspecified atom stereocenters. The molecule has 8 aromatic rings. The molecule has 61 heavy (non-hydrogen) atoms. The molecule has 0 amide bonds. The zero-order chi connectivity index (χ0) is 42.1. The number of nitrogens with zero attached hydrogens (tertiary/aromatic N) is 2. The number of halogens is 2. The average molecular weight is 859 g/mol. The van der Waals surface area contributed by atoms with Crippen molar-refractivity contribution < 1.29 is 8.78 Å². The number of aryl methyl sites for hydroxylation is 2. The molecular weight excluding hydrogens is 807 g/mol. The van der Waals surface area contributed by atoms with E-state index in [0.717, 1.165) is 26.4 Å². The first kappa shape index (κ1) is 41.3. The van der Waals surface area contributed by atoms with Crippen molar-refractivity contribution in [2.75, 3.05) is 0 Å². The lowest BCUT2D eigenvalue weighted by Crippen LogP contribution is -2.55. The van der Waals surface area contributed by atoms with Crippen LogP contribution < -0.4 is 10.4 Å². The third kappa shape index (κ3) is 7.74. The van der Waals surface area contributed by atoms with Gasteiger partial charge >= 0.3 is 0 Å². The summed E-state index contributed by atoms with van der Waals surface area (Å²) in [4.78, 5) is 13.9. The topological polar surface area (TPSA) is 25.8 Å². The first-order valence-corrected chi connectivity index (χ1v) is 26.1. The second kappa shape index (κ2) is 17.7. The first-order valence-electron chi connectivity index (χ1n) is 22.1. The van der Waals surface area contributed by atoms with Gasteiger partial charge in [-0.2, -0.15) is 0 Å². The number of unbranched alkanes of at least 4 members (excludes halogenated alkanes) is 6. The minimum atomic E-state index is -2.11. The van der Waals surface area contributed by atoms with E-state index in [-0.39, 0.29) is 11.1 Å². The standard InChI is InChI=1S/C54H52F2N2S2Si/c1-5-7-9-17-31-61(32-18-10-8-6-2)45-33-35(3)23-26-40(45)41-27-25-39(34-46(41)61)42-29-30-44(60-42)48-50(56)49(55)47(43-28-24-36(4)59-43)53-54(48)58-52(38-21-15-12-16-22-38)51(57-53)37-19-13-11-14-20-37/h11-16,19-30,33-34H,5-10,17-18,31-32H2,1-4H3. The van der Waals surface area contributed by atoms with E-state index < -0.39 is 19.7 Å². The zero-order valence-electron chi connectivity index (χ0n) is 35.6. The summed E-state index contributed by atoms with van der Waals surface area (Å²) in [6, 6.07) is 44.4. The summed E-state index contributed by atoms with van der Waals surface area (Å²) in [5.41, 5.74) is 9.29. The van der Waals surface area contributed by atoms with Gasteiger partial charge < -0.3 is 0 Å². The lowest BCUT2D eigenvalue weighted by molar-refractivity contribution is 0.515. The van der Waals surface area contributed by atoms with Crippen LogP contribution in [-0.4, -0.2) is 18.0 Å². The van der Waals surface area contributed by atoms with Gasteiger partial charge in [0.05, 0.1) is 22.5 Å². The van der Waals surface area contributed by atoms with Crippen LogP contribution in [0.1, 0.15) is 75.7 Å². The predicted molar refractivity (Wildman–Crippen MR) is 260 cm³/mol. The molecule has 308 valence electrons. The molecule has 0 radical (unpaired) electrons. The van der Waals surface area contributed by atoms with Crippen molar-refractivity contribution in [1.29, 1.82) is 0 Å². The molecule has 0 fully saturated rings. The fourth-order valence-electron chi connectivity index (χ4n) is 9.59. The number of rotatable bonds is 15. The summed E-state index contributed by atoms with van der Waals surface area (Å²) in [5.74, 6) is -1.79. The minimum absolute atomic E-state index is 0.156. The van der Waals surface area contributed by atoms with Crippen molar-refractivity contribution in [2.24, 2.45) is 0 Å². The Morgan fingerprint density at radius 3 is 1.54 bits per heavy atom. The monoisotopic (exact) mass is 858 g/mol. The van der Waals surface area contributed by atoms with Gasteiger partial charge in [0.1, 0.15) is 19.1 Å². The van der Waals surface area contributed by atoms with E-state index >= 15 is 8.78 Å². The lowest BCUT2D eigenvalue weighted by Gasteiger charge is -2.31. The molecule has 1 aliphatic rings. The molecule has 0 saturated carbocycles. The van der Waals surface area contributed by atoms with Gasteiger partial charge in [-0.1, -0.05) is 168 Å². The molecule has 0 atom stereocenters. The number of benzene rings is 5. The van der Waals surface area contributed by atoms with Crippen molar-refractivity contribution in [1.82, 2.24) is 9.97 Å². The van der Waals surface area contributed by atoms with E-state index in [1.807, 2.05) is 85.8 Å². The summed E-state index contributed by atoms with van der Waals surface area (Å²) >= 11 is 2.94. The van der Waals surface area contributed by atoms with Crippen LogP contribution in [0.3, 0.4) is 0 Å². The van der Waals surface area contributed by atoms with E-state index in [0.29, 0.717) is 32.2 Å². The molecule has 1 aliphatic heterocycles. The third-order valence-electron chi connectivity index (χ3n) is 12.6. The van der Waals surface area contributed by atoms with Gasteiger partial charge in [-0.25, -0.2) is 18.7 Å². The normalized spacial score (nSPS) is 12.9. The van der Waals surface area contributed by atoms with Crippen LogP contribution in [0.25, 0.3) is 76.0 Å². The number of hydrogen-bond acceptors (Lipinski definition) is 4. The molecular formula is C54H52F2N2S2Si. The van der Waals surface area contributed by atoms with Gasteiger partial charge in [0.2, 0.25) is 0 Å². The maximum Gasteiger partial charge on any atom is 0.170 e. The van der Waals surface area contributed by atoms with Crippen molar-refractivity contribution >= 4 is 52.2 Å². The molecule has 0 saturated heterocycles. The van der Waals surface area contributed by atoms with Crippen LogP contribution in [0.5, 0.6) is 0 Å². The molecule has 5 aromatic carbocycles. The van der Waals surface area contributed by atoms with Crippen LogP contribution in [0.2, 0.25) is 12.1 Å². The first-order chi connectivity index (χ1) is 29.8. The largest absolute Gasteiger partial charge is 0.243 e. The Balaban J connectivity index is 1.22. The molecule has 0 spiro atoms. The van der Waals surface area contributed by atoms with Crippen LogP contribution >= 0.6 is 22.7 Å². The highest BCUT2D eigenvalue weighted by molar-refractivity contribution is 7.19. The molecule has 0 aliphatic carbocycles. The maximum absolute atomic E-state index is 17.1. The smallest absolute Gasteiger partial charge is 0.170 e. The van der Waals surface area contributed by atoms with Gasteiger partial charge in [0.25, 0.3) is 0 Å². The zero-order valence-corrected chi connectivity index (χ0v) is 38.2. The number of aromatic nitrogens is 2. The van der Waals surface area contributed by atoms with Crippen molar-refractivity contribution in [3.63, 3.8) is 0 Å². The number of thiophene rings is 2. The van der Waals surface area contributed by atoms with Crippen molar-refractivity contribution in [2.45, 2.75) is 91.1 Å². The van der Waals surface area contributed by atoms with Gasteiger partial charge in [0.15, 0.2) is 11.6 Å². The van der Waals surface area contributed by atoms with Crippen molar-refractivity contribution in [3.8, 4) is 65.0 Å². The highest BCUT2D eigenvalue weighted by Gasteiger charge is 2.44. The molecule has 0 bridgehead atoms. The fraction of sp³-hybridized carbons (Fsp3) is 0.259.